The van der Waals surface area contributed by atoms with E-state index in [1.54, 1.807) is 25.1 Å². The summed E-state index contributed by atoms with van der Waals surface area (Å²) in [5, 5.41) is 4.23. The number of nitrogens with zero attached hydrogens (tertiary/aromatic N) is 3. The SMILES string of the molecule is Cc1cc(C(F)(F)F)cc(-n2nc(C)cc2-c2ccco2)n1. The summed E-state index contributed by atoms with van der Waals surface area (Å²) in [6, 6.07) is 7.13. The molecule has 0 fully saturated rings. The summed E-state index contributed by atoms with van der Waals surface area (Å²) in [6.07, 6.45) is -2.94. The average Bonchev–Trinajstić information content (AvgIpc) is 3.05. The molecule has 3 heterocycles. The van der Waals surface area contributed by atoms with Gasteiger partial charge < -0.3 is 4.42 Å². The third-order valence-electron chi connectivity index (χ3n) is 3.09. The van der Waals surface area contributed by atoms with Crippen molar-refractivity contribution in [2.24, 2.45) is 0 Å². The summed E-state index contributed by atoms with van der Waals surface area (Å²) in [5.41, 5.74) is 0.717. The Balaban J connectivity index is 2.19. The van der Waals surface area contributed by atoms with Gasteiger partial charge in [0.05, 0.1) is 17.5 Å². The van der Waals surface area contributed by atoms with Crippen LogP contribution >= 0.6 is 0 Å². The molecule has 0 aliphatic heterocycles. The number of alkyl halides is 3. The molecule has 4 nitrogen and oxygen atoms in total. The summed E-state index contributed by atoms with van der Waals surface area (Å²) in [6.45, 7) is 3.27. The van der Waals surface area contributed by atoms with E-state index in [9.17, 15) is 13.2 Å². The van der Waals surface area contributed by atoms with Crippen molar-refractivity contribution in [3.05, 3.63) is 53.5 Å². The Morgan fingerprint density at radius 1 is 1.09 bits per heavy atom. The van der Waals surface area contributed by atoms with Crippen LogP contribution in [0.3, 0.4) is 0 Å². The molecule has 3 rings (SSSR count). The smallest absolute Gasteiger partial charge is 0.416 e. The lowest BCUT2D eigenvalue weighted by atomic mass is 10.2. The highest BCUT2D eigenvalue weighted by Crippen LogP contribution is 2.31. The third-order valence-corrected chi connectivity index (χ3v) is 3.09. The molecule has 3 aromatic rings. The van der Waals surface area contributed by atoms with E-state index in [0.717, 1.165) is 12.1 Å². The number of rotatable bonds is 2. The molecule has 0 saturated carbocycles. The number of aromatic nitrogens is 3. The molecule has 114 valence electrons. The van der Waals surface area contributed by atoms with Crippen molar-refractivity contribution in [1.29, 1.82) is 0 Å². The van der Waals surface area contributed by atoms with E-state index < -0.39 is 11.7 Å². The fourth-order valence-electron chi connectivity index (χ4n) is 2.20. The molecule has 0 N–H and O–H groups in total. The normalized spacial score (nSPS) is 11.9. The van der Waals surface area contributed by atoms with Crippen molar-refractivity contribution in [3.63, 3.8) is 0 Å². The minimum atomic E-state index is -4.44. The first-order valence-electron chi connectivity index (χ1n) is 6.51. The largest absolute Gasteiger partial charge is 0.463 e. The van der Waals surface area contributed by atoms with E-state index in [1.165, 1.54) is 17.9 Å². The maximum absolute atomic E-state index is 13.0. The van der Waals surface area contributed by atoms with Crippen molar-refractivity contribution >= 4 is 0 Å². The van der Waals surface area contributed by atoms with Crippen LogP contribution in [0.25, 0.3) is 17.3 Å². The van der Waals surface area contributed by atoms with Crippen LogP contribution in [0.5, 0.6) is 0 Å². The van der Waals surface area contributed by atoms with E-state index in [0.29, 0.717) is 17.1 Å². The van der Waals surface area contributed by atoms with E-state index in [2.05, 4.69) is 10.1 Å². The number of aryl methyl sites for hydroxylation is 2. The van der Waals surface area contributed by atoms with Crippen LogP contribution in [0.15, 0.2) is 41.0 Å². The van der Waals surface area contributed by atoms with Gasteiger partial charge in [-0.05, 0) is 44.2 Å². The fourth-order valence-corrected chi connectivity index (χ4v) is 2.20. The monoisotopic (exact) mass is 307 g/mol. The van der Waals surface area contributed by atoms with E-state index in [-0.39, 0.29) is 11.5 Å². The van der Waals surface area contributed by atoms with Gasteiger partial charge in [-0.3, -0.25) is 0 Å². The Labute approximate surface area is 124 Å². The van der Waals surface area contributed by atoms with Crippen LogP contribution < -0.4 is 0 Å². The quantitative estimate of drug-likeness (QED) is 0.714. The molecule has 3 aromatic heterocycles. The molecule has 0 saturated heterocycles. The Kier molecular flexibility index (Phi) is 3.27. The lowest BCUT2D eigenvalue weighted by Crippen LogP contribution is -2.10. The molecular formula is C15H12F3N3O. The number of halogens is 3. The van der Waals surface area contributed by atoms with Gasteiger partial charge in [-0.25, -0.2) is 9.67 Å². The highest BCUT2D eigenvalue weighted by atomic mass is 19.4. The van der Waals surface area contributed by atoms with Gasteiger partial charge in [0.25, 0.3) is 0 Å². The Hall–Kier alpha value is -2.57. The van der Waals surface area contributed by atoms with E-state index in [4.69, 9.17) is 4.42 Å². The van der Waals surface area contributed by atoms with Gasteiger partial charge in [0, 0.05) is 5.69 Å². The minimum absolute atomic E-state index is 0.104. The van der Waals surface area contributed by atoms with E-state index >= 15 is 0 Å². The number of furan rings is 1. The zero-order valence-electron chi connectivity index (χ0n) is 11.8. The molecule has 7 heteroatoms. The van der Waals surface area contributed by atoms with Gasteiger partial charge in [0.2, 0.25) is 0 Å². The molecule has 0 aliphatic rings. The zero-order valence-corrected chi connectivity index (χ0v) is 11.8. The predicted octanol–water partition coefficient (Wildman–Crippen LogP) is 4.16. The van der Waals surface area contributed by atoms with Crippen LogP contribution in [-0.2, 0) is 6.18 Å². The molecule has 0 aromatic carbocycles. The van der Waals surface area contributed by atoms with Crippen molar-refractivity contribution < 1.29 is 17.6 Å². The summed E-state index contributed by atoms with van der Waals surface area (Å²) < 4.78 is 45.6. The maximum Gasteiger partial charge on any atom is 0.416 e. The zero-order chi connectivity index (χ0) is 15.9. The first-order valence-corrected chi connectivity index (χ1v) is 6.51. The van der Waals surface area contributed by atoms with Gasteiger partial charge in [-0.15, -0.1) is 0 Å². The number of hydrogen-bond donors (Lipinski definition) is 0. The summed E-state index contributed by atoms with van der Waals surface area (Å²) in [5.74, 6) is 0.615. The molecule has 0 atom stereocenters. The van der Waals surface area contributed by atoms with Crippen LogP contribution in [-0.4, -0.2) is 14.8 Å². The molecule has 0 aliphatic carbocycles. The second kappa shape index (κ2) is 5.01. The van der Waals surface area contributed by atoms with Gasteiger partial charge in [-0.1, -0.05) is 0 Å². The lowest BCUT2D eigenvalue weighted by Gasteiger charge is -2.11. The van der Waals surface area contributed by atoms with Gasteiger partial charge in [0.15, 0.2) is 11.6 Å². The standard InChI is InChI=1S/C15H12F3N3O/c1-9-6-11(15(16,17)18)8-14(19-9)21-12(7-10(2)20-21)13-4-3-5-22-13/h3-8H,1-2H3. The third kappa shape index (κ3) is 2.61. The molecule has 0 spiro atoms. The van der Waals surface area contributed by atoms with Crippen molar-refractivity contribution in [1.82, 2.24) is 14.8 Å². The molecule has 22 heavy (non-hydrogen) atoms. The van der Waals surface area contributed by atoms with Gasteiger partial charge >= 0.3 is 6.18 Å². The Morgan fingerprint density at radius 3 is 2.50 bits per heavy atom. The van der Waals surface area contributed by atoms with Crippen LogP contribution in [0.1, 0.15) is 17.0 Å². The first kappa shape index (κ1) is 14.4. The van der Waals surface area contributed by atoms with Crippen LogP contribution in [0.2, 0.25) is 0 Å². The van der Waals surface area contributed by atoms with E-state index in [1.807, 2.05) is 0 Å². The van der Waals surface area contributed by atoms with Crippen molar-refractivity contribution in [3.8, 4) is 17.3 Å². The summed E-state index contributed by atoms with van der Waals surface area (Å²) in [7, 11) is 0. The summed E-state index contributed by atoms with van der Waals surface area (Å²) in [4.78, 5) is 4.16. The highest BCUT2D eigenvalue weighted by molar-refractivity contribution is 5.56. The molecule has 0 unspecified atom stereocenters. The predicted molar refractivity (Wildman–Crippen MR) is 73.5 cm³/mol. The van der Waals surface area contributed by atoms with Crippen LogP contribution in [0.4, 0.5) is 13.2 Å². The Morgan fingerprint density at radius 2 is 1.86 bits per heavy atom. The number of hydrogen-bond acceptors (Lipinski definition) is 3. The molecule has 0 bridgehead atoms. The highest BCUT2D eigenvalue weighted by Gasteiger charge is 2.31. The second-order valence-electron chi connectivity index (χ2n) is 4.91. The molecule has 0 amide bonds. The second-order valence-corrected chi connectivity index (χ2v) is 4.91. The van der Waals surface area contributed by atoms with Gasteiger partial charge in [0.1, 0.15) is 5.69 Å². The fraction of sp³-hybridized carbons (Fsp3) is 0.200. The first-order chi connectivity index (χ1) is 10.3. The van der Waals surface area contributed by atoms with Crippen molar-refractivity contribution in [2.45, 2.75) is 20.0 Å². The lowest BCUT2D eigenvalue weighted by molar-refractivity contribution is -0.137. The van der Waals surface area contributed by atoms with Crippen LogP contribution in [0, 0.1) is 13.8 Å². The minimum Gasteiger partial charge on any atom is -0.463 e. The summed E-state index contributed by atoms with van der Waals surface area (Å²) >= 11 is 0. The number of pyridine rings is 1. The maximum atomic E-state index is 13.0. The topological polar surface area (TPSA) is 43.9 Å². The van der Waals surface area contributed by atoms with Crippen molar-refractivity contribution in [2.75, 3.05) is 0 Å². The van der Waals surface area contributed by atoms with Gasteiger partial charge in [-0.2, -0.15) is 18.3 Å². The Bertz CT molecular complexity index is 804. The molecular weight excluding hydrogens is 295 g/mol. The average molecular weight is 307 g/mol. The molecule has 0 radical (unpaired) electrons.